The number of hydrogen-bond donors (Lipinski definition) is 0. The predicted octanol–water partition coefficient (Wildman–Crippen LogP) is 4.27. The number of aryl methyl sites for hydroxylation is 2. The molecule has 0 saturated carbocycles. The molecule has 0 aliphatic carbocycles. The molecule has 128 valence electrons. The fourth-order valence-corrected chi connectivity index (χ4v) is 2.49. The van der Waals surface area contributed by atoms with Gasteiger partial charge >= 0.3 is 5.97 Å². The summed E-state index contributed by atoms with van der Waals surface area (Å²) in [5.41, 5.74) is 0.381. The van der Waals surface area contributed by atoms with Crippen LogP contribution >= 0.6 is 0 Å². The van der Waals surface area contributed by atoms with Crippen molar-refractivity contribution in [2.24, 2.45) is 0 Å². The van der Waals surface area contributed by atoms with Crippen LogP contribution in [0.5, 0.6) is 17.2 Å². The van der Waals surface area contributed by atoms with E-state index in [9.17, 15) is 14.0 Å². The molecule has 1 heterocycles. The smallest absolute Gasteiger partial charge is 0.308 e. The molecule has 25 heavy (non-hydrogen) atoms. The van der Waals surface area contributed by atoms with Crippen LogP contribution in [0.1, 0.15) is 18.2 Å². The summed E-state index contributed by atoms with van der Waals surface area (Å²) in [6, 6.07) is 8.79. The van der Waals surface area contributed by atoms with Gasteiger partial charge in [-0.1, -0.05) is 12.1 Å². The normalized spacial score (nSPS) is 10.7. The maximum atomic E-state index is 13.8. The van der Waals surface area contributed by atoms with Crippen molar-refractivity contribution in [1.29, 1.82) is 0 Å². The Kier molecular flexibility index (Phi) is 4.27. The van der Waals surface area contributed by atoms with E-state index in [0.717, 1.165) is 0 Å². The molecule has 0 saturated heterocycles. The second kappa shape index (κ2) is 6.39. The largest absolute Gasteiger partial charge is 0.457 e. The van der Waals surface area contributed by atoms with Crippen LogP contribution in [0.15, 0.2) is 45.6 Å². The molecule has 0 aliphatic rings. The molecular weight excluding hydrogens is 327 g/mol. The van der Waals surface area contributed by atoms with Gasteiger partial charge in [0, 0.05) is 12.5 Å². The third-order valence-corrected chi connectivity index (χ3v) is 3.68. The molecule has 2 aromatic carbocycles. The highest BCUT2D eigenvalue weighted by Gasteiger charge is 2.18. The van der Waals surface area contributed by atoms with Crippen LogP contribution in [0.4, 0.5) is 4.39 Å². The Morgan fingerprint density at radius 1 is 1.08 bits per heavy atom. The van der Waals surface area contributed by atoms with E-state index in [1.807, 2.05) is 0 Å². The van der Waals surface area contributed by atoms with Crippen molar-refractivity contribution in [3.05, 3.63) is 63.8 Å². The first-order valence-corrected chi connectivity index (χ1v) is 7.56. The first-order valence-electron chi connectivity index (χ1n) is 7.56. The molecule has 0 atom stereocenters. The number of halogens is 1. The predicted molar refractivity (Wildman–Crippen MR) is 89.7 cm³/mol. The van der Waals surface area contributed by atoms with Crippen LogP contribution < -0.4 is 14.9 Å². The zero-order valence-electron chi connectivity index (χ0n) is 13.9. The van der Waals surface area contributed by atoms with Gasteiger partial charge in [-0.05, 0) is 38.1 Å². The quantitative estimate of drug-likeness (QED) is 0.525. The molecule has 5 nitrogen and oxygen atoms in total. The van der Waals surface area contributed by atoms with Gasteiger partial charge in [0.05, 0.1) is 5.39 Å². The Balaban J connectivity index is 2.15. The highest BCUT2D eigenvalue weighted by molar-refractivity contribution is 5.84. The number of carbonyl (C=O) groups is 1. The number of ether oxygens (including phenoxy) is 2. The number of hydrogen-bond acceptors (Lipinski definition) is 5. The summed E-state index contributed by atoms with van der Waals surface area (Å²) in [5.74, 6) is -0.694. The second-order valence-electron chi connectivity index (χ2n) is 5.51. The highest BCUT2D eigenvalue weighted by Crippen LogP contribution is 2.31. The van der Waals surface area contributed by atoms with E-state index >= 15 is 0 Å². The topological polar surface area (TPSA) is 65.7 Å². The first kappa shape index (κ1) is 16.7. The number of benzene rings is 2. The summed E-state index contributed by atoms with van der Waals surface area (Å²) in [7, 11) is 0. The SMILES string of the molecule is CC(=O)Oc1ccc2c(=O)c(Oc3ccccc3F)c(C)oc2c1C. The summed E-state index contributed by atoms with van der Waals surface area (Å²) >= 11 is 0. The average Bonchev–Trinajstić information content (AvgIpc) is 2.56. The van der Waals surface area contributed by atoms with Gasteiger partial charge in [-0.15, -0.1) is 0 Å². The Hall–Kier alpha value is -3.15. The number of esters is 1. The van der Waals surface area contributed by atoms with E-state index in [-0.39, 0.29) is 22.6 Å². The molecule has 0 amide bonds. The minimum absolute atomic E-state index is 0.0643. The van der Waals surface area contributed by atoms with Crippen LogP contribution in [0, 0.1) is 19.7 Å². The fourth-order valence-electron chi connectivity index (χ4n) is 2.49. The summed E-state index contributed by atoms with van der Waals surface area (Å²) in [6.07, 6.45) is 0. The van der Waals surface area contributed by atoms with Crippen LogP contribution in [-0.4, -0.2) is 5.97 Å². The fraction of sp³-hybridized carbons (Fsp3) is 0.158. The van der Waals surface area contributed by atoms with Crippen molar-refractivity contribution in [2.45, 2.75) is 20.8 Å². The minimum atomic E-state index is -0.581. The molecule has 0 spiro atoms. The van der Waals surface area contributed by atoms with Gasteiger partial charge in [0.25, 0.3) is 0 Å². The Bertz CT molecular complexity index is 1040. The van der Waals surface area contributed by atoms with Crippen molar-refractivity contribution in [1.82, 2.24) is 0 Å². The molecule has 0 unspecified atom stereocenters. The zero-order valence-corrected chi connectivity index (χ0v) is 13.9. The molecule has 3 aromatic rings. The summed E-state index contributed by atoms with van der Waals surface area (Å²) < 4.78 is 30.0. The van der Waals surface area contributed by atoms with Crippen LogP contribution in [-0.2, 0) is 4.79 Å². The lowest BCUT2D eigenvalue weighted by Crippen LogP contribution is -2.09. The van der Waals surface area contributed by atoms with Crippen LogP contribution in [0.3, 0.4) is 0 Å². The number of carbonyl (C=O) groups excluding carboxylic acids is 1. The average molecular weight is 342 g/mol. The minimum Gasteiger partial charge on any atom is -0.457 e. The van der Waals surface area contributed by atoms with Gasteiger partial charge in [-0.25, -0.2) is 4.39 Å². The Morgan fingerprint density at radius 3 is 2.48 bits per heavy atom. The molecule has 3 rings (SSSR count). The molecule has 0 bridgehead atoms. The van der Waals surface area contributed by atoms with E-state index in [1.54, 1.807) is 19.9 Å². The standard InChI is InChI=1S/C19H15FO5/c1-10-15(24-12(3)21)9-8-13-17(22)19(11(2)23-18(10)13)25-16-7-5-4-6-14(16)20/h4-9H,1-3H3. The maximum absolute atomic E-state index is 13.8. The van der Waals surface area contributed by atoms with Gasteiger partial charge in [-0.2, -0.15) is 0 Å². The molecular formula is C19H15FO5. The van der Waals surface area contributed by atoms with Gasteiger partial charge in [0.15, 0.2) is 11.6 Å². The van der Waals surface area contributed by atoms with Gasteiger partial charge in [0.1, 0.15) is 17.1 Å². The van der Waals surface area contributed by atoms with E-state index in [4.69, 9.17) is 13.9 Å². The molecule has 0 fully saturated rings. The lowest BCUT2D eigenvalue weighted by molar-refractivity contribution is -0.131. The van der Waals surface area contributed by atoms with Crippen LogP contribution in [0.25, 0.3) is 11.0 Å². The van der Waals surface area contributed by atoms with Crippen molar-refractivity contribution < 1.29 is 23.1 Å². The van der Waals surface area contributed by atoms with Crippen molar-refractivity contribution in [3.63, 3.8) is 0 Å². The van der Waals surface area contributed by atoms with Gasteiger partial charge < -0.3 is 13.9 Å². The van der Waals surface area contributed by atoms with Crippen molar-refractivity contribution >= 4 is 16.9 Å². The summed E-state index contributed by atoms with van der Waals surface area (Å²) in [6.45, 7) is 4.52. The molecule has 6 heteroatoms. The second-order valence-corrected chi connectivity index (χ2v) is 5.51. The van der Waals surface area contributed by atoms with E-state index in [1.165, 1.54) is 37.3 Å². The monoisotopic (exact) mass is 342 g/mol. The molecule has 0 radical (unpaired) electrons. The Labute approximate surface area is 142 Å². The number of para-hydroxylation sites is 1. The van der Waals surface area contributed by atoms with E-state index < -0.39 is 17.2 Å². The molecule has 1 aromatic heterocycles. The van der Waals surface area contributed by atoms with Gasteiger partial charge in [-0.3, -0.25) is 9.59 Å². The number of rotatable bonds is 3. The lowest BCUT2D eigenvalue weighted by atomic mass is 10.1. The first-order chi connectivity index (χ1) is 11.9. The van der Waals surface area contributed by atoms with Crippen molar-refractivity contribution in [3.8, 4) is 17.2 Å². The maximum Gasteiger partial charge on any atom is 0.308 e. The van der Waals surface area contributed by atoms with Crippen LogP contribution in [0.2, 0.25) is 0 Å². The third kappa shape index (κ3) is 3.10. The number of fused-ring (bicyclic) bond motifs is 1. The van der Waals surface area contributed by atoms with E-state index in [2.05, 4.69) is 0 Å². The van der Waals surface area contributed by atoms with E-state index in [0.29, 0.717) is 16.9 Å². The Morgan fingerprint density at radius 2 is 1.80 bits per heavy atom. The summed E-state index contributed by atoms with van der Waals surface area (Å²) in [4.78, 5) is 23.9. The lowest BCUT2D eigenvalue weighted by Gasteiger charge is -2.12. The summed E-state index contributed by atoms with van der Waals surface area (Å²) in [5, 5.41) is 0.255. The van der Waals surface area contributed by atoms with Crippen molar-refractivity contribution in [2.75, 3.05) is 0 Å². The molecule has 0 aliphatic heterocycles. The van der Waals surface area contributed by atoms with Gasteiger partial charge in [0.2, 0.25) is 11.2 Å². The molecule has 0 N–H and O–H groups in total. The third-order valence-electron chi connectivity index (χ3n) is 3.68. The highest BCUT2D eigenvalue weighted by atomic mass is 19.1. The zero-order chi connectivity index (χ0) is 18.1.